The first kappa shape index (κ1) is 17.1. The Labute approximate surface area is 99.6 Å². The number of carbonyl (C=O) groups excluding carboxylic acids is 1. The molecule has 1 amide bonds. The van der Waals surface area contributed by atoms with Gasteiger partial charge in [0.05, 0.1) is 0 Å². The van der Waals surface area contributed by atoms with Crippen molar-refractivity contribution < 1.29 is 4.79 Å². The summed E-state index contributed by atoms with van der Waals surface area (Å²) in [5.74, 6) is 0.161. The average Bonchev–Trinajstić information content (AvgIpc) is 2.00. The van der Waals surface area contributed by atoms with Crippen LogP contribution in [0.1, 0.15) is 41.0 Å². The lowest BCUT2D eigenvalue weighted by Gasteiger charge is -2.26. The van der Waals surface area contributed by atoms with Gasteiger partial charge < -0.3 is 11.1 Å². The number of nitrogens with one attached hydrogen (secondary N) is 1. The van der Waals surface area contributed by atoms with Crippen LogP contribution in [0.25, 0.3) is 0 Å². The van der Waals surface area contributed by atoms with Crippen molar-refractivity contribution in [2.45, 2.75) is 47.1 Å². The molecular formula is C11H25ClN2O. The first-order valence-corrected chi connectivity index (χ1v) is 5.28. The molecule has 0 fully saturated rings. The molecule has 0 saturated carbocycles. The van der Waals surface area contributed by atoms with E-state index in [9.17, 15) is 4.79 Å². The van der Waals surface area contributed by atoms with Crippen molar-refractivity contribution in [3.05, 3.63) is 0 Å². The second-order valence-corrected chi connectivity index (χ2v) is 5.14. The normalized spacial score (nSPS) is 15.1. The molecule has 0 rings (SSSR count). The van der Waals surface area contributed by atoms with E-state index in [2.05, 4.69) is 26.1 Å². The lowest BCUT2D eigenvalue weighted by molar-refractivity contribution is -0.127. The van der Waals surface area contributed by atoms with Gasteiger partial charge >= 0.3 is 0 Å². The molecule has 0 aromatic carbocycles. The number of halogens is 1. The molecule has 0 radical (unpaired) electrons. The second-order valence-electron chi connectivity index (χ2n) is 5.14. The van der Waals surface area contributed by atoms with E-state index >= 15 is 0 Å². The summed E-state index contributed by atoms with van der Waals surface area (Å²) in [6.07, 6.45) is 0.836. The molecule has 0 aromatic rings. The van der Waals surface area contributed by atoms with E-state index in [1.54, 1.807) is 0 Å². The number of hydrogen-bond donors (Lipinski definition) is 2. The number of nitrogens with two attached hydrogens (primary N) is 1. The number of amides is 1. The highest BCUT2D eigenvalue weighted by molar-refractivity contribution is 5.85. The van der Waals surface area contributed by atoms with Gasteiger partial charge in [-0.2, -0.15) is 0 Å². The molecule has 0 spiro atoms. The van der Waals surface area contributed by atoms with Crippen molar-refractivity contribution in [2.24, 2.45) is 17.1 Å². The summed E-state index contributed by atoms with van der Waals surface area (Å²) in [7, 11) is 0. The Morgan fingerprint density at radius 1 is 1.33 bits per heavy atom. The molecule has 15 heavy (non-hydrogen) atoms. The third kappa shape index (κ3) is 7.63. The summed E-state index contributed by atoms with van der Waals surface area (Å²) in [5.41, 5.74) is 5.62. The highest BCUT2D eigenvalue weighted by Gasteiger charge is 2.26. The molecule has 0 aliphatic carbocycles. The molecule has 2 unspecified atom stereocenters. The third-order valence-corrected chi connectivity index (χ3v) is 2.59. The predicted octanol–water partition coefficient (Wildman–Crippen LogP) is 1.94. The zero-order valence-corrected chi connectivity index (χ0v) is 11.3. The summed E-state index contributed by atoms with van der Waals surface area (Å²) in [6.45, 7) is 10.8. The molecule has 3 N–H and O–H groups in total. The van der Waals surface area contributed by atoms with Crippen LogP contribution in [0.4, 0.5) is 0 Å². The molecule has 0 aliphatic heterocycles. The minimum Gasteiger partial charge on any atom is -0.356 e. The Morgan fingerprint density at radius 2 is 1.80 bits per heavy atom. The van der Waals surface area contributed by atoms with E-state index in [0.29, 0.717) is 6.54 Å². The van der Waals surface area contributed by atoms with Crippen LogP contribution in [0.3, 0.4) is 0 Å². The zero-order valence-electron chi connectivity index (χ0n) is 10.5. The third-order valence-electron chi connectivity index (χ3n) is 2.59. The molecule has 0 saturated heterocycles. The standard InChI is InChI=1S/C11H24N2O.ClH/c1-8(12)6-7-13-10(14)9(2)11(3,4)5;/h8-9H,6-7,12H2,1-5H3,(H,13,14);1H. The molecular weight excluding hydrogens is 212 g/mol. The van der Waals surface area contributed by atoms with E-state index in [1.165, 1.54) is 0 Å². The van der Waals surface area contributed by atoms with Crippen LogP contribution in [0, 0.1) is 11.3 Å². The van der Waals surface area contributed by atoms with Crippen molar-refractivity contribution in [3.8, 4) is 0 Å². The van der Waals surface area contributed by atoms with Gasteiger partial charge in [-0.05, 0) is 18.8 Å². The van der Waals surface area contributed by atoms with Crippen molar-refractivity contribution in [1.29, 1.82) is 0 Å². The Bertz CT molecular complexity index is 188. The highest BCUT2D eigenvalue weighted by Crippen LogP contribution is 2.25. The van der Waals surface area contributed by atoms with E-state index in [1.807, 2.05) is 13.8 Å². The summed E-state index contributed by atoms with van der Waals surface area (Å²) in [6, 6.07) is 0.153. The van der Waals surface area contributed by atoms with Gasteiger partial charge in [-0.1, -0.05) is 27.7 Å². The van der Waals surface area contributed by atoms with Gasteiger partial charge in [0.1, 0.15) is 0 Å². The van der Waals surface area contributed by atoms with Gasteiger partial charge in [-0.3, -0.25) is 4.79 Å². The van der Waals surface area contributed by atoms with Gasteiger partial charge in [-0.25, -0.2) is 0 Å². The smallest absolute Gasteiger partial charge is 0.223 e. The molecule has 3 nitrogen and oxygen atoms in total. The fraction of sp³-hybridized carbons (Fsp3) is 0.909. The van der Waals surface area contributed by atoms with Gasteiger partial charge in [0, 0.05) is 18.5 Å². The van der Waals surface area contributed by atoms with Crippen LogP contribution < -0.4 is 11.1 Å². The Kier molecular flexibility index (Phi) is 8.07. The second kappa shape index (κ2) is 7.07. The molecule has 0 aliphatic rings. The maximum Gasteiger partial charge on any atom is 0.223 e. The van der Waals surface area contributed by atoms with E-state index in [-0.39, 0.29) is 35.7 Å². The Morgan fingerprint density at radius 3 is 2.13 bits per heavy atom. The first-order valence-electron chi connectivity index (χ1n) is 5.28. The van der Waals surface area contributed by atoms with Crippen LogP contribution in [-0.2, 0) is 4.79 Å². The SMILES string of the molecule is CC(N)CCNC(=O)C(C)C(C)(C)C.Cl. The van der Waals surface area contributed by atoms with E-state index < -0.39 is 0 Å². The maximum absolute atomic E-state index is 11.6. The minimum absolute atomic E-state index is 0. The van der Waals surface area contributed by atoms with E-state index in [0.717, 1.165) is 6.42 Å². The Hall–Kier alpha value is -0.280. The molecule has 0 aromatic heterocycles. The lowest BCUT2D eigenvalue weighted by atomic mass is 9.81. The van der Waals surface area contributed by atoms with Gasteiger partial charge in [0.2, 0.25) is 5.91 Å². The van der Waals surface area contributed by atoms with Crippen molar-refractivity contribution in [3.63, 3.8) is 0 Å². The van der Waals surface area contributed by atoms with Gasteiger partial charge in [0.25, 0.3) is 0 Å². The summed E-state index contributed by atoms with van der Waals surface area (Å²) >= 11 is 0. The summed E-state index contributed by atoms with van der Waals surface area (Å²) < 4.78 is 0. The number of rotatable bonds is 4. The zero-order chi connectivity index (χ0) is 11.4. The van der Waals surface area contributed by atoms with Crippen molar-refractivity contribution in [2.75, 3.05) is 6.54 Å². The average molecular weight is 237 g/mol. The number of carbonyl (C=O) groups is 1. The maximum atomic E-state index is 11.6. The van der Waals surface area contributed by atoms with Crippen LogP contribution >= 0.6 is 12.4 Å². The van der Waals surface area contributed by atoms with Crippen LogP contribution in [0.2, 0.25) is 0 Å². The monoisotopic (exact) mass is 236 g/mol. The topological polar surface area (TPSA) is 55.1 Å². The lowest BCUT2D eigenvalue weighted by Crippen LogP contribution is -2.37. The quantitative estimate of drug-likeness (QED) is 0.784. The Balaban J connectivity index is 0. The fourth-order valence-electron chi connectivity index (χ4n) is 0.969. The molecule has 0 bridgehead atoms. The molecule has 4 heteroatoms. The van der Waals surface area contributed by atoms with Crippen molar-refractivity contribution in [1.82, 2.24) is 5.32 Å². The van der Waals surface area contributed by atoms with Gasteiger partial charge in [-0.15, -0.1) is 12.4 Å². The van der Waals surface area contributed by atoms with Crippen LogP contribution in [0.5, 0.6) is 0 Å². The van der Waals surface area contributed by atoms with Crippen LogP contribution in [0.15, 0.2) is 0 Å². The molecule has 92 valence electrons. The van der Waals surface area contributed by atoms with E-state index in [4.69, 9.17) is 5.73 Å². The molecule has 0 heterocycles. The molecule has 2 atom stereocenters. The number of hydrogen-bond acceptors (Lipinski definition) is 2. The first-order chi connectivity index (χ1) is 6.25. The minimum atomic E-state index is 0. The fourth-order valence-corrected chi connectivity index (χ4v) is 0.969. The largest absolute Gasteiger partial charge is 0.356 e. The highest BCUT2D eigenvalue weighted by atomic mass is 35.5. The summed E-state index contributed by atoms with van der Waals surface area (Å²) in [4.78, 5) is 11.6. The van der Waals surface area contributed by atoms with Gasteiger partial charge in [0.15, 0.2) is 0 Å². The van der Waals surface area contributed by atoms with Crippen LogP contribution in [-0.4, -0.2) is 18.5 Å². The van der Waals surface area contributed by atoms with Crippen molar-refractivity contribution >= 4 is 18.3 Å². The summed E-state index contributed by atoms with van der Waals surface area (Å²) in [5, 5.41) is 2.90. The predicted molar refractivity (Wildman–Crippen MR) is 67.1 cm³/mol.